The van der Waals surface area contributed by atoms with E-state index in [1.807, 2.05) is 26.0 Å². The first-order valence-corrected chi connectivity index (χ1v) is 8.70. The Bertz CT molecular complexity index is 857. The fourth-order valence-corrected chi connectivity index (χ4v) is 3.22. The Morgan fingerprint density at radius 3 is 2.25 bits per heavy atom. The Labute approximate surface area is 141 Å². The maximum Gasteiger partial charge on any atom is 0.335 e. The number of rotatable bonds is 6. The van der Waals surface area contributed by atoms with Gasteiger partial charge in [0, 0.05) is 12.1 Å². The maximum absolute atomic E-state index is 12.3. The Morgan fingerprint density at radius 2 is 1.71 bits per heavy atom. The lowest BCUT2D eigenvalue weighted by atomic mass is 10.1. The average molecular weight is 349 g/mol. The first kappa shape index (κ1) is 18.0. The van der Waals surface area contributed by atoms with Crippen molar-refractivity contribution >= 4 is 16.0 Å². The molecule has 0 aromatic heterocycles. The topological polar surface area (TPSA) is 92.7 Å². The van der Waals surface area contributed by atoms with Gasteiger partial charge in [0.25, 0.3) is 0 Å². The summed E-state index contributed by atoms with van der Waals surface area (Å²) in [6.07, 6.45) is 0. The lowest BCUT2D eigenvalue weighted by Gasteiger charge is -2.13. The molecule has 6 nitrogen and oxygen atoms in total. The smallest absolute Gasteiger partial charge is 0.335 e. The van der Waals surface area contributed by atoms with Crippen LogP contribution in [0.25, 0.3) is 0 Å². The summed E-state index contributed by atoms with van der Waals surface area (Å²) in [5.41, 5.74) is 2.86. The van der Waals surface area contributed by atoms with Crippen LogP contribution in [0.3, 0.4) is 0 Å². The number of sulfonamides is 1. The molecule has 24 heavy (non-hydrogen) atoms. The van der Waals surface area contributed by atoms with Crippen molar-refractivity contribution in [3.8, 4) is 5.75 Å². The first-order valence-electron chi connectivity index (χ1n) is 7.21. The van der Waals surface area contributed by atoms with Crippen molar-refractivity contribution in [2.24, 2.45) is 0 Å². The van der Waals surface area contributed by atoms with Gasteiger partial charge < -0.3 is 9.84 Å². The maximum atomic E-state index is 12.3. The van der Waals surface area contributed by atoms with Gasteiger partial charge >= 0.3 is 5.97 Å². The summed E-state index contributed by atoms with van der Waals surface area (Å²) in [5, 5.41) is 8.86. The van der Waals surface area contributed by atoms with Gasteiger partial charge in [0.2, 0.25) is 10.0 Å². The van der Waals surface area contributed by atoms with Crippen molar-refractivity contribution in [1.29, 1.82) is 0 Å². The monoisotopic (exact) mass is 349 g/mol. The van der Waals surface area contributed by atoms with E-state index in [4.69, 9.17) is 9.84 Å². The van der Waals surface area contributed by atoms with E-state index in [-0.39, 0.29) is 17.0 Å². The van der Waals surface area contributed by atoms with Crippen LogP contribution in [0.1, 0.15) is 27.0 Å². The molecule has 2 rings (SSSR count). The standard InChI is InChI=1S/C17H19NO5S/c1-11-8-14(16(23-3)9-12(11)2)10-18-24(21,22)15-6-4-13(5-7-15)17(19)20/h4-9,18H,10H2,1-3H3,(H,19,20). The minimum absolute atomic E-state index is 0.00954. The summed E-state index contributed by atoms with van der Waals surface area (Å²) in [4.78, 5) is 10.8. The van der Waals surface area contributed by atoms with Gasteiger partial charge in [-0.2, -0.15) is 0 Å². The molecule has 0 radical (unpaired) electrons. The zero-order valence-electron chi connectivity index (χ0n) is 13.7. The number of aryl methyl sites for hydroxylation is 2. The van der Waals surface area contributed by atoms with Crippen LogP contribution in [-0.4, -0.2) is 26.6 Å². The zero-order chi connectivity index (χ0) is 17.9. The summed E-state index contributed by atoms with van der Waals surface area (Å²) in [6, 6.07) is 8.79. The predicted molar refractivity (Wildman–Crippen MR) is 89.9 cm³/mol. The summed E-state index contributed by atoms with van der Waals surface area (Å²) >= 11 is 0. The normalized spacial score (nSPS) is 11.3. The average Bonchev–Trinajstić information content (AvgIpc) is 2.55. The molecule has 2 aromatic rings. The third-order valence-electron chi connectivity index (χ3n) is 3.76. The minimum Gasteiger partial charge on any atom is -0.496 e. The van der Waals surface area contributed by atoms with Gasteiger partial charge in [0.05, 0.1) is 17.6 Å². The van der Waals surface area contributed by atoms with Crippen molar-refractivity contribution in [3.05, 3.63) is 58.7 Å². The van der Waals surface area contributed by atoms with Crippen molar-refractivity contribution < 1.29 is 23.1 Å². The minimum atomic E-state index is -3.75. The Morgan fingerprint density at radius 1 is 1.12 bits per heavy atom. The van der Waals surface area contributed by atoms with Crippen LogP contribution in [0.2, 0.25) is 0 Å². The van der Waals surface area contributed by atoms with Crippen LogP contribution < -0.4 is 9.46 Å². The van der Waals surface area contributed by atoms with Gasteiger partial charge in [-0.3, -0.25) is 0 Å². The van der Waals surface area contributed by atoms with E-state index in [2.05, 4.69) is 4.72 Å². The lowest BCUT2D eigenvalue weighted by Crippen LogP contribution is -2.23. The molecule has 0 unspecified atom stereocenters. The fraction of sp³-hybridized carbons (Fsp3) is 0.235. The Balaban J connectivity index is 2.21. The second-order valence-corrected chi connectivity index (χ2v) is 7.17. The third-order valence-corrected chi connectivity index (χ3v) is 5.18. The van der Waals surface area contributed by atoms with Crippen molar-refractivity contribution in [2.45, 2.75) is 25.3 Å². The number of carboxylic acids is 1. The molecule has 2 N–H and O–H groups in total. The van der Waals surface area contributed by atoms with Gasteiger partial charge in [-0.1, -0.05) is 6.07 Å². The molecule has 0 saturated heterocycles. The molecule has 0 heterocycles. The van der Waals surface area contributed by atoms with E-state index in [1.54, 1.807) is 0 Å². The van der Waals surface area contributed by atoms with Gasteiger partial charge in [-0.05, 0) is 55.3 Å². The summed E-state index contributed by atoms with van der Waals surface area (Å²) < 4.78 is 32.5. The predicted octanol–water partition coefficient (Wildman–Crippen LogP) is 2.49. The number of hydrogen-bond acceptors (Lipinski definition) is 4. The fourth-order valence-electron chi connectivity index (χ4n) is 2.21. The van der Waals surface area contributed by atoms with E-state index in [0.717, 1.165) is 16.7 Å². The van der Waals surface area contributed by atoms with Crippen LogP contribution in [-0.2, 0) is 16.6 Å². The van der Waals surface area contributed by atoms with Crippen LogP contribution in [0.4, 0.5) is 0 Å². The van der Waals surface area contributed by atoms with Gasteiger partial charge in [0.1, 0.15) is 5.75 Å². The second kappa shape index (κ2) is 7.02. The Kier molecular flexibility index (Phi) is 5.26. The highest BCUT2D eigenvalue weighted by molar-refractivity contribution is 7.89. The van der Waals surface area contributed by atoms with E-state index < -0.39 is 16.0 Å². The molecule has 0 atom stereocenters. The van der Waals surface area contributed by atoms with Crippen LogP contribution in [0, 0.1) is 13.8 Å². The highest BCUT2D eigenvalue weighted by Gasteiger charge is 2.16. The molecule has 0 fully saturated rings. The number of nitrogens with one attached hydrogen (secondary N) is 1. The molecule has 0 aliphatic carbocycles. The number of aromatic carboxylic acids is 1. The highest BCUT2D eigenvalue weighted by atomic mass is 32.2. The molecule has 0 amide bonds. The van der Waals surface area contributed by atoms with Gasteiger partial charge in [0.15, 0.2) is 0 Å². The van der Waals surface area contributed by atoms with Crippen molar-refractivity contribution in [1.82, 2.24) is 4.72 Å². The number of methoxy groups -OCH3 is 1. The molecule has 0 bridgehead atoms. The molecule has 7 heteroatoms. The SMILES string of the molecule is COc1cc(C)c(C)cc1CNS(=O)(=O)c1ccc(C(=O)O)cc1. The van der Waals surface area contributed by atoms with E-state index in [1.165, 1.54) is 31.4 Å². The molecule has 2 aromatic carbocycles. The zero-order valence-corrected chi connectivity index (χ0v) is 14.5. The summed E-state index contributed by atoms with van der Waals surface area (Å²) in [6.45, 7) is 3.97. The molecule has 0 aliphatic heterocycles. The molecule has 0 saturated carbocycles. The van der Waals surface area contributed by atoms with Gasteiger partial charge in [-0.25, -0.2) is 17.9 Å². The van der Waals surface area contributed by atoms with E-state index in [9.17, 15) is 13.2 Å². The van der Waals surface area contributed by atoms with Gasteiger partial charge in [-0.15, -0.1) is 0 Å². The highest BCUT2D eigenvalue weighted by Crippen LogP contribution is 2.23. The molecular weight excluding hydrogens is 330 g/mol. The number of hydrogen-bond donors (Lipinski definition) is 2. The Hall–Kier alpha value is -2.38. The van der Waals surface area contributed by atoms with E-state index >= 15 is 0 Å². The quantitative estimate of drug-likeness (QED) is 0.836. The number of ether oxygens (including phenoxy) is 1. The van der Waals surface area contributed by atoms with Crippen molar-refractivity contribution in [3.63, 3.8) is 0 Å². The third kappa shape index (κ3) is 3.93. The first-order chi connectivity index (χ1) is 11.2. The van der Waals surface area contributed by atoms with Crippen molar-refractivity contribution in [2.75, 3.05) is 7.11 Å². The number of carboxylic acid groups (broad SMARTS) is 1. The summed E-state index contributed by atoms with van der Waals surface area (Å²) in [5.74, 6) is -0.492. The molecule has 0 spiro atoms. The van der Waals surface area contributed by atoms with Crippen LogP contribution >= 0.6 is 0 Å². The number of benzene rings is 2. The van der Waals surface area contributed by atoms with Crippen LogP contribution in [0.5, 0.6) is 5.75 Å². The lowest BCUT2D eigenvalue weighted by molar-refractivity contribution is 0.0696. The van der Waals surface area contributed by atoms with E-state index in [0.29, 0.717) is 5.75 Å². The second-order valence-electron chi connectivity index (χ2n) is 5.40. The van der Waals surface area contributed by atoms with Crippen LogP contribution in [0.15, 0.2) is 41.3 Å². The summed E-state index contributed by atoms with van der Waals surface area (Å²) in [7, 11) is -2.21. The molecule has 128 valence electrons. The molecule has 0 aliphatic rings. The molecular formula is C17H19NO5S. The number of carbonyl (C=O) groups is 1. The largest absolute Gasteiger partial charge is 0.496 e.